The van der Waals surface area contributed by atoms with Gasteiger partial charge in [-0.3, -0.25) is 18.9 Å². The SMILES string of the molecule is O=C(c1ccoc1)N1CCCN(Cc2cc(=O)n3cccc(O)c3n2)CC1. The molecule has 1 N–H and O–H groups in total. The lowest BCUT2D eigenvalue weighted by molar-refractivity contribution is 0.0760. The predicted octanol–water partition coefficient (Wildman–Crippen LogP) is 1.34. The van der Waals surface area contributed by atoms with Crippen molar-refractivity contribution in [3.8, 4) is 5.75 Å². The summed E-state index contributed by atoms with van der Waals surface area (Å²) in [6.07, 6.45) is 5.38. The van der Waals surface area contributed by atoms with E-state index in [0.29, 0.717) is 37.4 Å². The van der Waals surface area contributed by atoms with Crippen molar-refractivity contribution in [2.75, 3.05) is 26.2 Å². The van der Waals surface area contributed by atoms with Gasteiger partial charge in [-0.05, 0) is 24.6 Å². The molecule has 0 saturated carbocycles. The molecule has 0 aromatic carbocycles. The van der Waals surface area contributed by atoms with Gasteiger partial charge in [0.15, 0.2) is 11.4 Å². The van der Waals surface area contributed by atoms with Crippen molar-refractivity contribution in [2.24, 2.45) is 0 Å². The highest BCUT2D eigenvalue weighted by atomic mass is 16.3. The molecule has 0 bridgehead atoms. The van der Waals surface area contributed by atoms with Crippen molar-refractivity contribution in [1.29, 1.82) is 0 Å². The first-order chi connectivity index (χ1) is 13.1. The monoisotopic (exact) mass is 368 g/mol. The maximum absolute atomic E-state index is 12.5. The van der Waals surface area contributed by atoms with E-state index in [-0.39, 0.29) is 22.9 Å². The number of carbonyl (C=O) groups excluding carboxylic acids is 1. The van der Waals surface area contributed by atoms with Crippen LogP contribution >= 0.6 is 0 Å². The molecule has 1 aliphatic heterocycles. The first-order valence-corrected chi connectivity index (χ1v) is 8.86. The molecule has 8 heteroatoms. The second kappa shape index (κ2) is 7.24. The van der Waals surface area contributed by atoms with E-state index < -0.39 is 0 Å². The predicted molar refractivity (Wildman–Crippen MR) is 97.6 cm³/mol. The number of aromatic hydroxyl groups is 1. The number of aromatic nitrogens is 2. The minimum atomic E-state index is -0.225. The normalized spacial score (nSPS) is 15.8. The lowest BCUT2D eigenvalue weighted by atomic mass is 10.3. The Bertz CT molecular complexity index is 1010. The van der Waals surface area contributed by atoms with Crippen molar-refractivity contribution < 1.29 is 14.3 Å². The first kappa shape index (κ1) is 17.3. The van der Waals surface area contributed by atoms with Gasteiger partial charge in [0.2, 0.25) is 0 Å². The van der Waals surface area contributed by atoms with Gasteiger partial charge >= 0.3 is 0 Å². The summed E-state index contributed by atoms with van der Waals surface area (Å²) in [5, 5.41) is 9.97. The van der Waals surface area contributed by atoms with Crippen LogP contribution in [-0.4, -0.2) is 56.4 Å². The fourth-order valence-corrected chi connectivity index (χ4v) is 3.37. The van der Waals surface area contributed by atoms with Gasteiger partial charge in [0, 0.05) is 45.0 Å². The van der Waals surface area contributed by atoms with Crippen LogP contribution in [0.1, 0.15) is 22.5 Å². The molecule has 3 aromatic heterocycles. The van der Waals surface area contributed by atoms with E-state index in [1.54, 1.807) is 18.3 Å². The van der Waals surface area contributed by atoms with E-state index in [0.717, 1.165) is 13.0 Å². The molecule has 1 amide bonds. The summed E-state index contributed by atoms with van der Waals surface area (Å²) in [4.78, 5) is 33.2. The highest BCUT2D eigenvalue weighted by Crippen LogP contribution is 2.15. The number of nitrogens with zero attached hydrogens (tertiary/aromatic N) is 4. The van der Waals surface area contributed by atoms with E-state index in [1.807, 2.05) is 4.90 Å². The summed E-state index contributed by atoms with van der Waals surface area (Å²) in [5.74, 6) is -0.0539. The summed E-state index contributed by atoms with van der Waals surface area (Å²) in [6, 6.07) is 6.28. The van der Waals surface area contributed by atoms with Crippen LogP contribution in [0.5, 0.6) is 5.75 Å². The van der Waals surface area contributed by atoms with Gasteiger partial charge in [0.25, 0.3) is 11.5 Å². The standard InChI is InChI=1S/C19H20N4O4/c24-16-3-1-7-23-17(25)11-15(20-18(16)23)12-21-5-2-6-22(9-8-21)19(26)14-4-10-27-13-14/h1,3-4,7,10-11,13,24H,2,5-6,8-9,12H2. The molecule has 0 unspecified atom stereocenters. The zero-order chi connectivity index (χ0) is 18.8. The van der Waals surface area contributed by atoms with Crippen LogP contribution in [-0.2, 0) is 6.54 Å². The summed E-state index contributed by atoms with van der Waals surface area (Å²) in [6.45, 7) is 3.26. The molecule has 8 nitrogen and oxygen atoms in total. The van der Waals surface area contributed by atoms with Gasteiger partial charge in [-0.2, -0.15) is 0 Å². The molecular weight excluding hydrogens is 348 g/mol. The van der Waals surface area contributed by atoms with E-state index in [4.69, 9.17) is 4.42 Å². The van der Waals surface area contributed by atoms with E-state index in [9.17, 15) is 14.7 Å². The average molecular weight is 368 g/mol. The van der Waals surface area contributed by atoms with Gasteiger partial charge in [0.05, 0.1) is 17.5 Å². The molecule has 4 heterocycles. The zero-order valence-electron chi connectivity index (χ0n) is 14.7. The third kappa shape index (κ3) is 3.56. The Kier molecular flexibility index (Phi) is 4.64. The van der Waals surface area contributed by atoms with Gasteiger partial charge in [-0.15, -0.1) is 0 Å². The molecule has 1 aliphatic rings. The number of carbonyl (C=O) groups is 1. The number of hydrogen-bond donors (Lipinski definition) is 1. The number of furan rings is 1. The third-order valence-corrected chi connectivity index (χ3v) is 4.75. The number of amides is 1. The molecule has 0 radical (unpaired) electrons. The Hall–Kier alpha value is -3.13. The van der Waals surface area contributed by atoms with E-state index in [1.165, 1.54) is 29.1 Å². The second-order valence-corrected chi connectivity index (χ2v) is 6.61. The van der Waals surface area contributed by atoms with Crippen LogP contribution in [0.25, 0.3) is 5.65 Å². The highest BCUT2D eigenvalue weighted by Gasteiger charge is 2.21. The maximum atomic E-state index is 12.5. The molecular formula is C19H20N4O4. The molecule has 140 valence electrons. The van der Waals surface area contributed by atoms with E-state index in [2.05, 4.69) is 9.88 Å². The van der Waals surface area contributed by atoms with Crippen molar-refractivity contribution >= 4 is 11.6 Å². The van der Waals surface area contributed by atoms with Crippen LogP contribution in [0.2, 0.25) is 0 Å². The fraction of sp³-hybridized carbons (Fsp3) is 0.316. The van der Waals surface area contributed by atoms with Gasteiger partial charge < -0.3 is 14.4 Å². The average Bonchev–Trinajstić information content (AvgIpc) is 3.10. The molecule has 1 fully saturated rings. The van der Waals surface area contributed by atoms with Gasteiger partial charge in [0.1, 0.15) is 6.26 Å². The van der Waals surface area contributed by atoms with Crippen LogP contribution in [0.4, 0.5) is 0 Å². The Morgan fingerprint density at radius 1 is 1.22 bits per heavy atom. The summed E-state index contributed by atoms with van der Waals surface area (Å²) >= 11 is 0. The van der Waals surface area contributed by atoms with E-state index >= 15 is 0 Å². The van der Waals surface area contributed by atoms with Crippen molar-refractivity contribution in [3.63, 3.8) is 0 Å². The molecule has 0 atom stereocenters. The zero-order valence-corrected chi connectivity index (χ0v) is 14.7. The Balaban J connectivity index is 1.48. The summed E-state index contributed by atoms with van der Waals surface area (Å²) < 4.78 is 6.32. The molecule has 3 aromatic rings. The second-order valence-electron chi connectivity index (χ2n) is 6.61. The fourth-order valence-electron chi connectivity index (χ4n) is 3.37. The lowest BCUT2D eigenvalue weighted by Gasteiger charge is -2.21. The molecule has 0 aliphatic carbocycles. The summed E-state index contributed by atoms with van der Waals surface area (Å²) in [5.41, 5.74) is 1.20. The minimum Gasteiger partial charge on any atom is -0.504 e. The Morgan fingerprint density at radius 3 is 2.93 bits per heavy atom. The smallest absolute Gasteiger partial charge is 0.258 e. The largest absolute Gasteiger partial charge is 0.504 e. The van der Waals surface area contributed by atoms with Gasteiger partial charge in [-0.25, -0.2) is 4.98 Å². The highest BCUT2D eigenvalue weighted by molar-refractivity contribution is 5.93. The number of fused-ring (bicyclic) bond motifs is 1. The van der Waals surface area contributed by atoms with Crippen LogP contribution < -0.4 is 5.56 Å². The molecule has 0 spiro atoms. The topological polar surface area (TPSA) is 91.3 Å². The van der Waals surface area contributed by atoms with Gasteiger partial charge in [-0.1, -0.05) is 0 Å². The molecule has 1 saturated heterocycles. The van der Waals surface area contributed by atoms with Crippen LogP contribution in [0, 0.1) is 0 Å². The maximum Gasteiger partial charge on any atom is 0.258 e. The molecule has 4 rings (SSSR count). The van der Waals surface area contributed by atoms with Crippen LogP contribution in [0.15, 0.2) is 52.2 Å². The number of pyridine rings is 1. The quantitative estimate of drug-likeness (QED) is 0.750. The third-order valence-electron chi connectivity index (χ3n) is 4.75. The lowest BCUT2D eigenvalue weighted by Crippen LogP contribution is -2.35. The van der Waals surface area contributed by atoms with Crippen LogP contribution in [0.3, 0.4) is 0 Å². The Labute approximate surface area is 155 Å². The minimum absolute atomic E-state index is 0.0239. The molecule has 27 heavy (non-hydrogen) atoms. The number of rotatable bonds is 3. The Morgan fingerprint density at radius 2 is 2.11 bits per heavy atom. The number of hydrogen-bond acceptors (Lipinski definition) is 6. The first-order valence-electron chi connectivity index (χ1n) is 8.86. The van der Waals surface area contributed by atoms with Crippen molar-refractivity contribution in [1.82, 2.24) is 19.2 Å². The summed E-state index contributed by atoms with van der Waals surface area (Å²) in [7, 11) is 0. The van der Waals surface area contributed by atoms with Crippen molar-refractivity contribution in [2.45, 2.75) is 13.0 Å². The van der Waals surface area contributed by atoms with Crippen molar-refractivity contribution in [3.05, 3.63) is 64.6 Å².